The molecular formula is C8H8N2O4. The van der Waals surface area contributed by atoms with Gasteiger partial charge in [-0.2, -0.15) is 0 Å². The van der Waals surface area contributed by atoms with Crippen molar-refractivity contribution in [2.24, 2.45) is 0 Å². The number of carboxylic acids is 2. The van der Waals surface area contributed by atoms with E-state index in [9.17, 15) is 9.59 Å². The van der Waals surface area contributed by atoms with E-state index in [2.05, 4.69) is 9.97 Å². The molecule has 0 aromatic carbocycles. The molecule has 0 saturated heterocycles. The zero-order valence-electron chi connectivity index (χ0n) is 7.07. The maximum Gasteiger partial charge on any atom is 0.328 e. The molecule has 0 aliphatic rings. The lowest BCUT2D eigenvalue weighted by Crippen LogP contribution is -1.91. The van der Waals surface area contributed by atoms with Gasteiger partial charge in [0.15, 0.2) is 0 Å². The zero-order valence-corrected chi connectivity index (χ0v) is 7.07. The molecule has 0 bridgehead atoms. The van der Waals surface area contributed by atoms with Crippen LogP contribution in [0.15, 0.2) is 36.9 Å². The summed E-state index contributed by atoms with van der Waals surface area (Å²) in [5.41, 5.74) is 0. The van der Waals surface area contributed by atoms with Crippen molar-refractivity contribution in [2.45, 2.75) is 0 Å². The minimum Gasteiger partial charge on any atom is -0.478 e. The second-order valence-corrected chi connectivity index (χ2v) is 1.91. The average Bonchev–Trinajstić information content (AvgIpc) is 2.18. The molecule has 1 heterocycles. The topological polar surface area (TPSA) is 100 Å². The lowest BCUT2D eigenvalue weighted by atomic mass is 10.5. The van der Waals surface area contributed by atoms with Gasteiger partial charge in [0.05, 0.1) is 0 Å². The van der Waals surface area contributed by atoms with Crippen LogP contribution in [0.2, 0.25) is 0 Å². The van der Waals surface area contributed by atoms with Crippen LogP contribution in [0.4, 0.5) is 0 Å². The molecule has 0 spiro atoms. The third-order valence-corrected chi connectivity index (χ3v) is 0.846. The molecule has 14 heavy (non-hydrogen) atoms. The molecule has 1 aromatic rings. The third kappa shape index (κ3) is 9.76. The molecule has 6 heteroatoms. The van der Waals surface area contributed by atoms with Gasteiger partial charge < -0.3 is 10.2 Å². The van der Waals surface area contributed by atoms with Crippen molar-refractivity contribution in [1.82, 2.24) is 9.97 Å². The summed E-state index contributed by atoms with van der Waals surface area (Å²) in [6, 6.07) is 1.78. The Bertz CT molecular complexity index is 268. The molecule has 0 unspecified atom stereocenters. The lowest BCUT2D eigenvalue weighted by Gasteiger charge is -1.74. The van der Waals surface area contributed by atoms with E-state index >= 15 is 0 Å². The van der Waals surface area contributed by atoms with Crippen LogP contribution in [0, 0.1) is 0 Å². The Morgan fingerprint density at radius 1 is 1.00 bits per heavy atom. The van der Waals surface area contributed by atoms with Crippen LogP contribution in [0.25, 0.3) is 0 Å². The third-order valence-electron chi connectivity index (χ3n) is 0.846. The molecule has 6 nitrogen and oxygen atoms in total. The second-order valence-electron chi connectivity index (χ2n) is 1.91. The van der Waals surface area contributed by atoms with E-state index in [-0.39, 0.29) is 0 Å². The highest BCUT2D eigenvalue weighted by Gasteiger charge is 1.88. The number of aliphatic carboxylic acids is 2. The van der Waals surface area contributed by atoms with Gasteiger partial charge in [-0.25, -0.2) is 19.6 Å². The van der Waals surface area contributed by atoms with Crippen LogP contribution < -0.4 is 0 Å². The number of rotatable bonds is 2. The van der Waals surface area contributed by atoms with Gasteiger partial charge in [0.25, 0.3) is 0 Å². The normalized spacial score (nSPS) is 8.86. The summed E-state index contributed by atoms with van der Waals surface area (Å²) in [6.07, 6.45) is 5.99. The monoisotopic (exact) mass is 196 g/mol. The predicted octanol–water partition coefficient (Wildman–Crippen LogP) is 0.188. The highest BCUT2D eigenvalue weighted by Crippen LogP contribution is 1.70. The standard InChI is InChI=1S/C4H4N2.C4H4O4/c1-2-5-4-6-3-1;5-3(6)1-2-4(7)8/h1-4H;1-2H,(H,5,6)(H,7,8)/b;2-1+. The Hall–Kier alpha value is -2.24. The summed E-state index contributed by atoms with van der Waals surface area (Å²) >= 11 is 0. The van der Waals surface area contributed by atoms with Crippen molar-refractivity contribution in [2.75, 3.05) is 0 Å². The van der Waals surface area contributed by atoms with E-state index in [0.29, 0.717) is 12.2 Å². The number of aromatic nitrogens is 2. The summed E-state index contributed by atoms with van der Waals surface area (Å²) in [6.45, 7) is 0. The van der Waals surface area contributed by atoms with Gasteiger partial charge in [-0.05, 0) is 6.07 Å². The van der Waals surface area contributed by atoms with Crippen LogP contribution in [0.1, 0.15) is 0 Å². The van der Waals surface area contributed by atoms with Crippen LogP contribution in [0.3, 0.4) is 0 Å². The number of hydrogen-bond acceptors (Lipinski definition) is 4. The Morgan fingerprint density at radius 2 is 1.43 bits per heavy atom. The molecule has 2 N–H and O–H groups in total. The van der Waals surface area contributed by atoms with Crippen LogP contribution in [-0.2, 0) is 9.59 Å². The van der Waals surface area contributed by atoms with E-state index in [1.807, 2.05) is 0 Å². The molecule has 0 saturated carbocycles. The van der Waals surface area contributed by atoms with Crippen LogP contribution in [-0.4, -0.2) is 32.1 Å². The Morgan fingerprint density at radius 3 is 1.57 bits per heavy atom. The highest BCUT2D eigenvalue weighted by atomic mass is 16.4. The summed E-state index contributed by atoms with van der Waals surface area (Å²) in [7, 11) is 0. The first-order valence-electron chi connectivity index (χ1n) is 3.47. The fourth-order valence-electron chi connectivity index (χ4n) is 0.396. The number of hydrogen-bond donors (Lipinski definition) is 2. The lowest BCUT2D eigenvalue weighted by molar-refractivity contribution is -0.134. The fourth-order valence-corrected chi connectivity index (χ4v) is 0.396. The molecule has 0 aliphatic heterocycles. The number of carboxylic acid groups (broad SMARTS) is 2. The van der Waals surface area contributed by atoms with Gasteiger partial charge in [0.2, 0.25) is 0 Å². The molecular weight excluding hydrogens is 188 g/mol. The smallest absolute Gasteiger partial charge is 0.328 e. The summed E-state index contributed by atoms with van der Waals surface area (Å²) < 4.78 is 0. The van der Waals surface area contributed by atoms with Gasteiger partial charge in [0.1, 0.15) is 6.33 Å². The minimum absolute atomic E-state index is 0.558. The molecule has 0 aliphatic carbocycles. The fraction of sp³-hybridized carbons (Fsp3) is 0. The van der Waals surface area contributed by atoms with Crippen molar-refractivity contribution in [3.05, 3.63) is 36.9 Å². The van der Waals surface area contributed by atoms with Gasteiger partial charge in [-0.1, -0.05) is 0 Å². The SMILES string of the molecule is O=C(O)/C=C/C(=O)O.c1cncnc1. The van der Waals surface area contributed by atoms with Gasteiger partial charge in [-0.3, -0.25) is 0 Å². The molecule has 0 amide bonds. The van der Waals surface area contributed by atoms with E-state index < -0.39 is 11.9 Å². The van der Waals surface area contributed by atoms with Crippen molar-refractivity contribution in [1.29, 1.82) is 0 Å². The molecule has 1 rings (SSSR count). The molecule has 74 valence electrons. The molecule has 0 fully saturated rings. The second kappa shape index (κ2) is 7.41. The number of nitrogens with zero attached hydrogens (tertiary/aromatic N) is 2. The van der Waals surface area contributed by atoms with E-state index in [1.54, 1.807) is 18.5 Å². The predicted molar refractivity (Wildman–Crippen MR) is 46.4 cm³/mol. The van der Waals surface area contributed by atoms with Crippen LogP contribution >= 0.6 is 0 Å². The first-order valence-corrected chi connectivity index (χ1v) is 3.47. The maximum absolute atomic E-state index is 9.55. The largest absolute Gasteiger partial charge is 0.478 e. The number of carbonyl (C=O) groups is 2. The van der Waals surface area contributed by atoms with E-state index in [0.717, 1.165) is 0 Å². The van der Waals surface area contributed by atoms with Gasteiger partial charge in [-0.15, -0.1) is 0 Å². The van der Waals surface area contributed by atoms with E-state index in [1.165, 1.54) is 6.33 Å². The summed E-state index contributed by atoms with van der Waals surface area (Å²) in [4.78, 5) is 26.5. The van der Waals surface area contributed by atoms with Gasteiger partial charge in [0, 0.05) is 24.5 Å². The highest BCUT2D eigenvalue weighted by molar-refractivity contribution is 5.89. The maximum atomic E-state index is 9.55. The molecule has 0 radical (unpaired) electrons. The van der Waals surface area contributed by atoms with Crippen molar-refractivity contribution < 1.29 is 19.8 Å². The van der Waals surface area contributed by atoms with Crippen molar-refractivity contribution >= 4 is 11.9 Å². The Kier molecular flexibility index (Phi) is 6.23. The first kappa shape index (κ1) is 11.8. The summed E-state index contributed by atoms with van der Waals surface area (Å²) in [5.74, 6) is -2.51. The van der Waals surface area contributed by atoms with E-state index in [4.69, 9.17) is 10.2 Å². The summed E-state index contributed by atoms with van der Waals surface area (Å²) in [5, 5.41) is 15.6. The quantitative estimate of drug-likeness (QED) is 0.655. The van der Waals surface area contributed by atoms with Gasteiger partial charge >= 0.3 is 11.9 Å². The molecule has 1 aromatic heterocycles. The zero-order chi connectivity index (χ0) is 10.8. The Balaban J connectivity index is 0.000000249. The minimum atomic E-state index is -1.26. The van der Waals surface area contributed by atoms with Crippen molar-refractivity contribution in [3.8, 4) is 0 Å². The average molecular weight is 196 g/mol. The molecule has 0 atom stereocenters. The Labute approximate surface area is 79.6 Å². The van der Waals surface area contributed by atoms with Crippen molar-refractivity contribution in [3.63, 3.8) is 0 Å². The first-order chi connectivity index (χ1) is 6.63. The van der Waals surface area contributed by atoms with Crippen LogP contribution in [0.5, 0.6) is 0 Å².